The van der Waals surface area contributed by atoms with Gasteiger partial charge in [0.05, 0.1) is 17.6 Å². The molecule has 1 saturated carbocycles. The first kappa shape index (κ1) is 15.7. The highest BCUT2D eigenvalue weighted by Crippen LogP contribution is 2.57. The number of rotatable bonds is 2. The Balaban J connectivity index is 1.74. The summed E-state index contributed by atoms with van der Waals surface area (Å²) in [6, 6.07) is 0.0588. The van der Waals surface area contributed by atoms with Gasteiger partial charge in [0.25, 0.3) is 0 Å². The van der Waals surface area contributed by atoms with Crippen molar-refractivity contribution in [3.05, 3.63) is 0 Å². The van der Waals surface area contributed by atoms with Crippen LogP contribution in [0.25, 0.3) is 0 Å². The maximum atomic E-state index is 11.7. The highest BCUT2D eigenvalue weighted by atomic mass is 32.2. The Morgan fingerprint density at radius 2 is 2.10 bits per heavy atom. The van der Waals surface area contributed by atoms with E-state index >= 15 is 0 Å². The molecule has 2 heterocycles. The molecule has 0 spiro atoms. The monoisotopic (exact) mass is 316 g/mol. The molecule has 122 valence electrons. The molecule has 0 amide bonds. The molecule has 4 unspecified atom stereocenters. The van der Waals surface area contributed by atoms with Crippen molar-refractivity contribution >= 4 is 9.84 Å². The molecule has 6 heteroatoms. The van der Waals surface area contributed by atoms with Crippen molar-refractivity contribution in [1.82, 2.24) is 4.90 Å². The zero-order valence-corrected chi connectivity index (χ0v) is 14.2. The largest absolute Gasteiger partial charge is 0.377 e. The Hall–Kier alpha value is -0.170. The minimum absolute atomic E-state index is 0.0475. The average molecular weight is 316 g/mol. The van der Waals surface area contributed by atoms with Crippen LogP contribution in [0.5, 0.6) is 0 Å². The first-order valence-electron chi connectivity index (χ1n) is 8.02. The summed E-state index contributed by atoms with van der Waals surface area (Å²) in [6.45, 7) is 8.63. The van der Waals surface area contributed by atoms with Crippen LogP contribution in [0.1, 0.15) is 33.6 Å². The van der Waals surface area contributed by atoms with Gasteiger partial charge in [0, 0.05) is 42.6 Å². The zero-order chi connectivity index (χ0) is 15.5. The van der Waals surface area contributed by atoms with Gasteiger partial charge in [-0.2, -0.15) is 0 Å². The van der Waals surface area contributed by atoms with Gasteiger partial charge in [0.15, 0.2) is 9.84 Å². The smallest absolute Gasteiger partial charge is 0.153 e. The van der Waals surface area contributed by atoms with E-state index in [1.165, 1.54) is 0 Å². The van der Waals surface area contributed by atoms with E-state index in [-0.39, 0.29) is 34.6 Å². The van der Waals surface area contributed by atoms with Crippen molar-refractivity contribution in [2.75, 3.05) is 31.2 Å². The van der Waals surface area contributed by atoms with E-state index in [4.69, 9.17) is 10.5 Å². The van der Waals surface area contributed by atoms with Crippen molar-refractivity contribution in [3.63, 3.8) is 0 Å². The molecule has 3 fully saturated rings. The molecule has 0 bridgehead atoms. The SMILES string of the molecule is CC1CS(=O)(=O)CCN1CC1(N)C2CCCOC2C1(C)C. The van der Waals surface area contributed by atoms with Crippen LogP contribution in [0.2, 0.25) is 0 Å². The van der Waals surface area contributed by atoms with Crippen LogP contribution >= 0.6 is 0 Å². The van der Waals surface area contributed by atoms with Crippen molar-refractivity contribution < 1.29 is 13.2 Å². The highest BCUT2D eigenvalue weighted by molar-refractivity contribution is 7.91. The summed E-state index contributed by atoms with van der Waals surface area (Å²) in [5.41, 5.74) is 6.51. The number of fused-ring (bicyclic) bond motifs is 1. The van der Waals surface area contributed by atoms with Crippen molar-refractivity contribution in [2.45, 2.75) is 51.3 Å². The van der Waals surface area contributed by atoms with Crippen molar-refractivity contribution in [2.24, 2.45) is 17.1 Å². The third kappa shape index (κ3) is 2.35. The first-order valence-corrected chi connectivity index (χ1v) is 9.84. The Kier molecular flexibility index (Phi) is 3.68. The molecule has 5 nitrogen and oxygen atoms in total. The standard InChI is InChI=1S/C15H28N2O3S/c1-11-9-21(18,19)8-6-17(11)10-15(16)12-5-4-7-20-13(12)14(15,2)3/h11-13H,4-10,16H2,1-3H3. The van der Waals surface area contributed by atoms with Gasteiger partial charge in [-0.25, -0.2) is 8.42 Å². The number of hydrogen-bond acceptors (Lipinski definition) is 5. The van der Waals surface area contributed by atoms with Crippen LogP contribution in [-0.2, 0) is 14.6 Å². The lowest BCUT2D eigenvalue weighted by atomic mass is 9.46. The minimum Gasteiger partial charge on any atom is -0.377 e. The Morgan fingerprint density at radius 1 is 1.38 bits per heavy atom. The highest BCUT2D eigenvalue weighted by Gasteiger charge is 2.66. The Morgan fingerprint density at radius 3 is 2.76 bits per heavy atom. The van der Waals surface area contributed by atoms with Crippen molar-refractivity contribution in [1.29, 1.82) is 0 Å². The number of nitrogens with two attached hydrogens (primary N) is 1. The molecular weight excluding hydrogens is 288 g/mol. The second-order valence-corrected chi connectivity index (χ2v) is 9.96. The third-order valence-electron chi connectivity index (χ3n) is 6.17. The summed E-state index contributed by atoms with van der Waals surface area (Å²) in [4.78, 5) is 2.27. The normalized spacial score (nSPS) is 45.6. The molecule has 1 aliphatic carbocycles. The van der Waals surface area contributed by atoms with Gasteiger partial charge in [-0.15, -0.1) is 0 Å². The molecule has 3 aliphatic rings. The molecule has 0 aromatic heterocycles. The summed E-state index contributed by atoms with van der Waals surface area (Å²) in [5, 5.41) is 0. The molecule has 0 aromatic rings. The van der Waals surface area contributed by atoms with Gasteiger partial charge >= 0.3 is 0 Å². The van der Waals surface area contributed by atoms with Gasteiger partial charge < -0.3 is 10.5 Å². The van der Waals surface area contributed by atoms with Gasteiger partial charge in [0.2, 0.25) is 0 Å². The van der Waals surface area contributed by atoms with E-state index in [2.05, 4.69) is 18.7 Å². The molecule has 3 rings (SSSR count). The average Bonchev–Trinajstić information content (AvgIpc) is 2.41. The van der Waals surface area contributed by atoms with Gasteiger partial charge in [-0.3, -0.25) is 4.90 Å². The fraction of sp³-hybridized carbons (Fsp3) is 1.00. The summed E-state index contributed by atoms with van der Waals surface area (Å²) in [5.74, 6) is 0.930. The molecule has 0 radical (unpaired) electrons. The van der Waals surface area contributed by atoms with Crippen LogP contribution in [-0.4, -0.2) is 62.2 Å². The van der Waals surface area contributed by atoms with E-state index in [9.17, 15) is 8.42 Å². The fourth-order valence-electron chi connectivity index (χ4n) is 4.59. The van der Waals surface area contributed by atoms with Crippen LogP contribution in [0.3, 0.4) is 0 Å². The van der Waals surface area contributed by atoms with Gasteiger partial charge in [0.1, 0.15) is 0 Å². The number of hydrogen-bond donors (Lipinski definition) is 1. The van der Waals surface area contributed by atoms with Crippen LogP contribution in [0, 0.1) is 11.3 Å². The predicted molar refractivity (Wildman–Crippen MR) is 82.9 cm³/mol. The van der Waals surface area contributed by atoms with E-state index in [1.54, 1.807) is 0 Å². The minimum atomic E-state index is -2.87. The van der Waals surface area contributed by atoms with E-state index in [1.807, 2.05) is 6.92 Å². The topological polar surface area (TPSA) is 72.6 Å². The van der Waals surface area contributed by atoms with E-state index < -0.39 is 9.84 Å². The third-order valence-corrected chi connectivity index (χ3v) is 7.96. The lowest BCUT2D eigenvalue weighted by Crippen LogP contribution is -2.81. The maximum Gasteiger partial charge on any atom is 0.153 e. The quantitative estimate of drug-likeness (QED) is 0.809. The predicted octanol–water partition coefficient (Wildman–Crippen LogP) is 0.638. The molecule has 4 atom stereocenters. The molecule has 2 aliphatic heterocycles. The summed E-state index contributed by atoms with van der Waals surface area (Å²) in [6.07, 6.45) is 2.48. The van der Waals surface area contributed by atoms with Crippen molar-refractivity contribution in [3.8, 4) is 0 Å². The van der Waals surface area contributed by atoms with E-state index in [0.29, 0.717) is 12.5 Å². The van der Waals surface area contributed by atoms with Crippen LogP contribution < -0.4 is 5.73 Å². The summed E-state index contributed by atoms with van der Waals surface area (Å²) in [7, 11) is -2.87. The number of ether oxygens (including phenoxy) is 1. The van der Waals surface area contributed by atoms with E-state index in [0.717, 1.165) is 26.0 Å². The second-order valence-electron chi connectivity index (χ2n) is 7.74. The van der Waals surface area contributed by atoms with Crippen LogP contribution in [0.15, 0.2) is 0 Å². The molecule has 21 heavy (non-hydrogen) atoms. The molecule has 2 saturated heterocycles. The lowest BCUT2D eigenvalue weighted by molar-refractivity contribution is -0.232. The van der Waals surface area contributed by atoms with Gasteiger partial charge in [-0.1, -0.05) is 13.8 Å². The molecule has 0 aromatic carbocycles. The zero-order valence-electron chi connectivity index (χ0n) is 13.3. The van der Waals surface area contributed by atoms with Gasteiger partial charge in [-0.05, 0) is 19.8 Å². The second kappa shape index (κ2) is 4.91. The van der Waals surface area contributed by atoms with Crippen LogP contribution in [0.4, 0.5) is 0 Å². The summed E-state index contributed by atoms with van der Waals surface area (Å²) >= 11 is 0. The first-order chi connectivity index (χ1) is 9.67. The Labute approximate surface area is 128 Å². The molecular formula is C15H28N2O3S. The lowest BCUT2D eigenvalue weighted by Gasteiger charge is -2.67. The molecule has 2 N–H and O–H groups in total. The number of sulfone groups is 1. The summed E-state index contributed by atoms with van der Waals surface area (Å²) < 4.78 is 29.4. The number of nitrogens with zero attached hydrogens (tertiary/aromatic N) is 1. The Bertz CT molecular complexity index is 519. The maximum absolute atomic E-state index is 11.7. The fourth-order valence-corrected chi connectivity index (χ4v) is 6.22.